The molecule has 1 aliphatic carbocycles. The van der Waals surface area contributed by atoms with Crippen molar-refractivity contribution in [3.63, 3.8) is 0 Å². The topological polar surface area (TPSA) is 40.6 Å². The van der Waals surface area contributed by atoms with E-state index in [1.165, 1.54) is 69.5 Å². The number of likely N-dealkylation sites (tertiary alicyclic amines) is 1. The van der Waals surface area contributed by atoms with Gasteiger partial charge in [-0.15, -0.1) is 0 Å². The number of hydrogen-bond acceptors (Lipinski definition) is 3. The highest BCUT2D eigenvalue weighted by Crippen LogP contribution is 2.34. The van der Waals surface area contributed by atoms with Crippen LogP contribution in [0.3, 0.4) is 0 Å². The van der Waals surface area contributed by atoms with Crippen molar-refractivity contribution in [1.82, 2.24) is 9.21 Å². The molecule has 0 bridgehead atoms. The average molecular weight is 475 g/mol. The largest absolute Gasteiger partial charge is 0.416 e. The van der Waals surface area contributed by atoms with E-state index in [2.05, 4.69) is 4.90 Å². The van der Waals surface area contributed by atoms with Crippen molar-refractivity contribution in [2.45, 2.75) is 75.3 Å². The van der Waals surface area contributed by atoms with Crippen LogP contribution in [-0.4, -0.2) is 50.8 Å². The molecule has 0 N–H and O–H groups in total. The molecule has 0 unspecified atom stereocenters. The third kappa shape index (κ3) is 7.19. The summed E-state index contributed by atoms with van der Waals surface area (Å²) in [4.78, 5) is 2.48. The SMILES string of the molecule is CN(C[C@H]1CC[C@H](CCCCCN2CCCC2)CC1)S(=O)(=O)c1ccc(C(F)(F)F)cc1. The molecule has 32 heavy (non-hydrogen) atoms. The lowest BCUT2D eigenvalue weighted by Crippen LogP contribution is -2.33. The van der Waals surface area contributed by atoms with Gasteiger partial charge in [-0.3, -0.25) is 0 Å². The second-order valence-corrected chi connectivity index (χ2v) is 11.6. The van der Waals surface area contributed by atoms with Gasteiger partial charge in [-0.25, -0.2) is 12.7 Å². The van der Waals surface area contributed by atoms with E-state index in [1.54, 1.807) is 0 Å². The fourth-order valence-corrected chi connectivity index (χ4v) is 6.36. The Morgan fingerprint density at radius 1 is 0.938 bits per heavy atom. The van der Waals surface area contributed by atoms with E-state index in [1.807, 2.05) is 0 Å². The van der Waals surface area contributed by atoms with E-state index < -0.39 is 21.8 Å². The molecule has 2 fully saturated rings. The standard InChI is InChI=1S/C24H37F3N2O2S/c1-28(32(30,31)23-14-12-22(13-15-23)24(25,26)27)19-21-10-8-20(9-11-21)7-3-2-4-16-29-17-5-6-18-29/h12-15,20-21H,2-11,16-19H2,1H3/t20-,21-. The van der Waals surface area contributed by atoms with Crippen molar-refractivity contribution in [1.29, 1.82) is 0 Å². The lowest BCUT2D eigenvalue weighted by Gasteiger charge is -2.31. The van der Waals surface area contributed by atoms with Crippen LogP contribution in [-0.2, 0) is 16.2 Å². The number of rotatable bonds is 10. The molecule has 0 aromatic heterocycles. The van der Waals surface area contributed by atoms with Crippen LogP contribution in [0.5, 0.6) is 0 Å². The molecular weight excluding hydrogens is 437 g/mol. The molecule has 1 saturated carbocycles. The van der Waals surface area contributed by atoms with Gasteiger partial charge in [-0.1, -0.05) is 32.1 Å². The highest BCUT2D eigenvalue weighted by Gasteiger charge is 2.32. The van der Waals surface area contributed by atoms with Gasteiger partial charge in [0.05, 0.1) is 10.5 Å². The molecule has 0 amide bonds. The quantitative estimate of drug-likeness (QED) is 0.403. The summed E-state index contributed by atoms with van der Waals surface area (Å²) in [5, 5.41) is 0. The Labute approximate surface area is 191 Å². The summed E-state index contributed by atoms with van der Waals surface area (Å²) in [7, 11) is -2.25. The molecule has 0 atom stereocenters. The predicted octanol–water partition coefficient (Wildman–Crippen LogP) is 5.79. The molecular formula is C24H37F3N2O2S. The Balaban J connectivity index is 1.37. The van der Waals surface area contributed by atoms with Crippen LogP contribution in [0.15, 0.2) is 29.2 Å². The van der Waals surface area contributed by atoms with Crippen molar-refractivity contribution in [3.8, 4) is 0 Å². The Hall–Kier alpha value is -1.12. The van der Waals surface area contributed by atoms with Gasteiger partial charge < -0.3 is 4.90 Å². The Bertz CT molecular complexity index is 798. The van der Waals surface area contributed by atoms with Crippen LogP contribution in [0.4, 0.5) is 13.2 Å². The van der Waals surface area contributed by atoms with Gasteiger partial charge in [0.15, 0.2) is 0 Å². The molecule has 1 aromatic carbocycles. The van der Waals surface area contributed by atoms with E-state index in [-0.39, 0.29) is 4.90 Å². The van der Waals surface area contributed by atoms with Gasteiger partial charge in [-0.2, -0.15) is 13.2 Å². The van der Waals surface area contributed by atoms with Gasteiger partial charge in [0.2, 0.25) is 10.0 Å². The number of nitrogens with zero attached hydrogens (tertiary/aromatic N) is 2. The third-order valence-electron chi connectivity index (χ3n) is 7.16. The van der Waals surface area contributed by atoms with Gasteiger partial charge in [0.25, 0.3) is 0 Å². The summed E-state index contributed by atoms with van der Waals surface area (Å²) in [6.45, 7) is 4.21. The highest BCUT2D eigenvalue weighted by atomic mass is 32.2. The second-order valence-electron chi connectivity index (χ2n) is 9.59. The zero-order valence-corrected chi connectivity index (χ0v) is 19.9. The lowest BCUT2D eigenvalue weighted by atomic mass is 9.80. The monoisotopic (exact) mass is 474 g/mol. The zero-order chi connectivity index (χ0) is 23.2. The Morgan fingerprint density at radius 2 is 1.53 bits per heavy atom. The minimum absolute atomic E-state index is 0.0874. The first-order valence-corrected chi connectivity index (χ1v) is 13.5. The summed E-state index contributed by atoms with van der Waals surface area (Å²) in [6, 6.07) is 3.76. The van der Waals surface area contributed by atoms with E-state index in [4.69, 9.17) is 0 Å². The summed E-state index contributed by atoms with van der Waals surface area (Å²) >= 11 is 0. The van der Waals surface area contributed by atoms with E-state index in [0.29, 0.717) is 12.5 Å². The molecule has 1 saturated heterocycles. The van der Waals surface area contributed by atoms with Crippen LogP contribution in [0, 0.1) is 11.8 Å². The van der Waals surface area contributed by atoms with Crippen molar-refractivity contribution in [2.24, 2.45) is 11.8 Å². The van der Waals surface area contributed by atoms with E-state index >= 15 is 0 Å². The lowest BCUT2D eigenvalue weighted by molar-refractivity contribution is -0.137. The van der Waals surface area contributed by atoms with Gasteiger partial charge in [0.1, 0.15) is 0 Å². The number of sulfonamides is 1. The van der Waals surface area contributed by atoms with Crippen molar-refractivity contribution < 1.29 is 21.6 Å². The molecule has 0 radical (unpaired) electrons. The molecule has 2 aliphatic rings. The molecule has 3 rings (SSSR count). The maximum absolute atomic E-state index is 12.8. The molecule has 8 heteroatoms. The van der Waals surface area contributed by atoms with Crippen LogP contribution in [0.2, 0.25) is 0 Å². The maximum Gasteiger partial charge on any atom is 0.416 e. The summed E-state index contributed by atoms with van der Waals surface area (Å²) in [6.07, 6.45) is 7.70. The third-order valence-corrected chi connectivity index (χ3v) is 8.99. The van der Waals surface area contributed by atoms with Crippen LogP contribution in [0.1, 0.15) is 69.8 Å². The fraction of sp³-hybridized carbons (Fsp3) is 0.750. The minimum Gasteiger partial charge on any atom is -0.303 e. The zero-order valence-electron chi connectivity index (χ0n) is 19.1. The summed E-state index contributed by atoms with van der Waals surface area (Å²) < 4.78 is 65.0. The molecule has 1 aliphatic heterocycles. The van der Waals surface area contributed by atoms with Crippen molar-refractivity contribution in [2.75, 3.05) is 33.2 Å². The van der Waals surface area contributed by atoms with Crippen molar-refractivity contribution >= 4 is 10.0 Å². The fourth-order valence-electron chi connectivity index (χ4n) is 5.11. The van der Waals surface area contributed by atoms with Gasteiger partial charge in [-0.05, 0) is 87.8 Å². The van der Waals surface area contributed by atoms with Crippen molar-refractivity contribution in [3.05, 3.63) is 29.8 Å². The van der Waals surface area contributed by atoms with Gasteiger partial charge in [0, 0.05) is 13.6 Å². The minimum atomic E-state index is -4.47. The van der Waals surface area contributed by atoms with Crippen LogP contribution < -0.4 is 0 Å². The van der Waals surface area contributed by atoms with E-state index in [9.17, 15) is 21.6 Å². The molecule has 0 spiro atoms. The van der Waals surface area contributed by atoms with Crippen LogP contribution in [0.25, 0.3) is 0 Å². The number of unbranched alkanes of at least 4 members (excludes halogenated alkanes) is 2. The van der Waals surface area contributed by atoms with E-state index in [0.717, 1.165) is 55.9 Å². The number of benzene rings is 1. The normalized spacial score (nSPS) is 23.2. The Kier molecular flexibility index (Phi) is 9.04. The maximum atomic E-state index is 12.8. The first-order valence-electron chi connectivity index (χ1n) is 12.0. The number of hydrogen-bond donors (Lipinski definition) is 0. The first-order chi connectivity index (χ1) is 15.2. The molecule has 1 heterocycles. The average Bonchev–Trinajstić information content (AvgIpc) is 3.27. The molecule has 4 nitrogen and oxygen atoms in total. The Morgan fingerprint density at radius 3 is 2.12 bits per heavy atom. The first kappa shape index (κ1) is 25.5. The number of halogens is 3. The predicted molar refractivity (Wildman–Crippen MR) is 121 cm³/mol. The molecule has 1 aromatic rings. The van der Waals surface area contributed by atoms with Gasteiger partial charge >= 0.3 is 6.18 Å². The number of alkyl halides is 3. The summed E-state index contributed by atoms with van der Waals surface area (Å²) in [5.74, 6) is 1.06. The molecule has 182 valence electrons. The van der Waals surface area contributed by atoms with Crippen LogP contribution >= 0.6 is 0 Å². The summed E-state index contributed by atoms with van der Waals surface area (Å²) in [5.41, 5.74) is -0.839. The highest BCUT2D eigenvalue weighted by molar-refractivity contribution is 7.89. The smallest absolute Gasteiger partial charge is 0.303 e. The second kappa shape index (κ2) is 11.3.